The van der Waals surface area contributed by atoms with E-state index in [9.17, 15) is 0 Å². The van der Waals surface area contributed by atoms with Gasteiger partial charge in [-0.1, -0.05) is 146 Å². The van der Waals surface area contributed by atoms with E-state index in [0.29, 0.717) is 0 Å². The number of para-hydroxylation sites is 1. The van der Waals surface area contributed by atoms with Crippen LogP contribution < -0.4 is 4.90 Å². The van der Waals surface area contributed by atoms with E-state index in [1.54, 1.807) is 0 Å². The summed E-state index contributed by atoms with van der Waals surface area (Å²) < 4.78 is 6.46. The number of hydrogen-bond acceptors (Lipinski definition) is 2. The van der Waals surface area contributed by atoms with Crippen molar-refractivity contribution in [3.05, 3.63) is 188 Å². The maximum absolute atomic E-state index is 6.46. The predicted octanol–water partition coefficient (Wildman–Crippen LogP) is 13.2. The van der Waals surface area contributed by atoms with E-state index in [4.69, 9.17) is 4.42 Å². The second-order valence-electron chi connectivity index (χ2n) is 12.1. The molecule has 48 heavy (non-hydrogen) atoms. The molecule has 0 radical (unpaired) electrons. The van der Waals surface area contributed by atoms with E-state index in [1.807, 2.05) is 12.1 Å². The normalized spacial score (nSPS) is 11.3. The summed E-state index contributed by atoms with van der Waals surface area (Å²) in [7, 11) is 0. The van der Waals surface area contributed by atoms with Gasteiger partial charge in [-0.2, -0.15) is 0 Å². The minimum absolute atomic E-state index is 0.865. The lowest BCUT2D eigenvalue weighted by Crippen LogP contribution is -2.12. The van der Waals surface area contributed by atoms with Crippen molar-refractivity contribution in [2.75, 3.05) is 4.90 Å². The first kappa shape index (κ1) is 27.9. The van der Waals surface area contributed by atoms with Crippen LogP contribution in [0, 0.1) is 0 Å². The highest BCUT2D eigenvalue weighted by atomic mass is 16.3. The van der Waals surface area contributed by atoms with Gasteiger partial charge in [0.2, 0.25) is 0 Å². The summed E-state index contributed by atoms with van der Waals surface area (Å²) in [5.41, 5.74) is 12.1. The zero-order valence-corrected chi connectivity index (χ0v) is 26.3. The lowest BCUT2D eigenvalue weighted by molar-refractivity contribution is 0.669. The van der Waals surface area contributed by atoms with Crippen LogP contribution in [0.15, 0.2) is 192 Å². The molecule has 2 nitrogen and oxygen atoms in total. The first-order valence-electron chi connectivity index (χ1n) is 16.4. The fraction of sp³-hybridized carbons (Fsp3) is 0. The molecule has 9 rings (SSSR count). The second kappa shape index (κ2) is 11.8. The molecular weight excluding hydrogens is 583 g/mol. The van der Waals surface area contributed by atoms with Gasteiger partial charge in [-0.05, 0) is 69.6 Å². The average molecular weight is 614 g/mol. The highest BCUT2D eigenvalue weighted by Crippen LogP contribution is 2.50. The van der Waals surface area contributed by atoms with E-state index in [-0.39, 0.29) is 0 Å². The lowest BCUT2D eigenvalue weighted by atomic mass is 9.88. The van der Waals surface area contributed by atoms with E-state index in [0.717, 1.165) is 44.6 Å². The Morgan fingerprint density at radius 2 is 0.896 bits per heavy atom. The molecule has 0 saturated heterocycles. The molecule has 226 valence electrons. The van der Waals surface area contributed by atoms with Gasteiger partial charge >= 0.3 is 0 Å². The summed E-state index contributed by atoms with van der Waals surface area (Å²) in [6.07, 6.45) is 0. The topological polar surface area (TPSA) is 16.4 Å². The Morgan fingerprint density at radius 1 is 0.354 bits per heavy atom. The molecule has 0 aliphatic heterocycles. The number of benzene rings is 8. The van der Waals surface area contributed by atoms with Crippen LogP contribution in [-0.4, -0.2) is 0 Å². The zero-order chi connectivity index (χ0) is 31.9. The summed E-state index contributed by atoms with van der Waals surface area (Å²) in [6.45, 7) is 0. The Kier molecular flexibility index (Phi) is 6.84. The molecule has 0 unspecified atom stereocenters. The Balaban J connectivity index is 1.37. The smallest absolute Gasteiger partial charge is 0.137 e. The Morgan fingerprint density at radius 3 is 1.62 bits per heavy atom. The third-order valence-electron chi connectivity index (χ3n) is 9.25. The molecular formula is C46H31NO. The molecule has 0 spiro atoms. The van der Waals surface area contributed by atoms with Crippen LogP contribution in [0.3, 0.4) is 0 Å². The molecule has 0 bridgehead atoms. The minimum atomic E-state index is 0.865. The summed E-state index contributed by atoms with van der Waals surface area (Å²) in [5.74, 6) is 0. The molecule has 0 aliphatic rings. The number of rotatable bonds is 6. The molecule has 1 heterocycles. The summed E-state index contributed by atoms with van der Waals surface area (Å²) in [6, 6.07) is 67.0. The standard InChI is InChI=1S/C46H31NO/c1-4-14-32(15-5-1)33-24-26-37(27-25-33)47(38-28-29-41-40-22-12-13-23-43(40)48-44(41)31-38)46-39-21-11-10-20-36(39)30-42(34-16-6-2-7-17-34)45(46)35-18-8-3-9-19-35/h1-31H. The summed E-state index contributed by atoms with van der Waals surface area (Å²) in [5, 5.41) is 4.59. The first-order valence-corrected chi connectivity index (χ1v) is 16.4. The third kappa shape index (κ3) is 4.83. The molecule has 0 amide bonds. The van der Waals surface area contributed by atoms with E-state index in [2.05, 4.69) is 181 Å². The van der Waals surface area contributed by atoms with Crippen LogP contribution >= 0.6 is 0 Å². The highest BCUT2D eigenvalue weighted by Gasteiger charge is 2.24. The monoisotopic (exact) mass is 613 g/mol. The van der Waals surface area contributed by atoms with Crippen LogP contribution in [0.25, 0.3) is 66.1 Å². The number of furan rings is 1. The fourth-order valence-corrected chi connectivity index (χ4v) is 7.00. The van der Waals surface area contributed by atoms with Crippen LogP contribution in [0.1, 0.15) is 0 Å². The van der Waals surface area contributed by atoms with Gasteiger partial charge in [0, 0.05) is 39.2 Å². The van der Waals surface area contributed by atoms with Gasteiger partial charge in [0.1, 0.15) is 11.2 Å². The number of anilines is 3. The highest BCUT2D eigenvalue weighted by molar-refractivity contribution is 6.12. The fourth-order valence-electron chi connectivity index (χ4n) is 7.00. The van der Waals surface area contributed by atoms with Gasteiger partial charge in [0.05, 0.1) is 5.69 Å². The maximum atomic E-state index is 6.46. The van der Waals surface area contributed by atoms with Crippen LogP contribution in [-0.2, 0) is 0 Å². The van der Waals surface area contributed by atoms with Crippen molar-refractivity contribution in [2.24, 2.45) is 0 Å². The van der Waals surface area contributed by atoms with Crippen molar-refractivity contribution in [3.8, 4) is 33.4 Å². The lowest BCUT2D eigenvalue weighted by Gasteiger charge is -2.31. The average Bonchev–Trinajstić information content (AvgIpc) is 3.54. The molecule has 0 atom stereocenters. The SMILES string of the molecule is c1ccc(-c2ccc(N(c3ccc4c(c3)oc3ccccc34)c3c(-c4ccccc4)c(-c4ccccc4)cc4ccccc34)cc2)cc1. The van der Waals surface area contributed by atoms with Crippen molar-refractivity contribution in [3.63, 3.8) is 0 Å². The van der Waals surface area contributed by atoms with E-state index >= 15 is 0 Å². The maximum Gasteiger partial charge on any atom is 0.137 e. The van der Waals surface area contributed by atoms with Crippen molar-refractivity contribution in [2.45, 2.75) is 0 Å². The van der Waals surface area contributed by atoms with Gasteiger partial charge in [0.25, 0.3) is 0 Å². The Labute approximate surface area is 279 Å². The largest absolute Gasteiger partial charge is 0.456 e. The number of nitrogens with zero attached hydrogens (tertiary/aromatic N) is 1. The second-order valence-corrected chi connectivity index (χ2v) is 12.1. The molecule has 9 aromatic rings. The van der Waals surface area contributed by atoms with Crippen molar-refractivity contribution >= 4 is 49.8 Å². The quantitative estimate of drug-likeness (QED) is 0.185. The number of hydrogen-bond donors (Lipinski definition) is 0. The molecule has 8 aromatic carbocycles. The molecule has 0 aliphatic carbocycles. The minimum Gasteiger partial charge on any atom is -0.456 e. The van der Waals surface area contributed by atoms with Crippen LogP contribution in [0.2, 0.25) is 0 Å². The van der Waals surface area contributed by atoms with E-state index < -0.39 is 0 Å². The zero-order valence-electron chi connectivity index (χ0n) is 26.3. The molecule has 2 heteroatoms. The van der Waals surface area contributed by atoms with Crippen molar-refractivity contribution < 1.29 is 4.42 Å². The van der Waals surface area contributed by atoms with Crippen molar-refractivity contribution in [1.82, 2.24) is 0 Å². The molecule has 1 aromatic heterocycles. The summed E-state index contributed by atoms with van der Waals surface area (Å²) >= 11 is 0. The van der Waals surface area contributed by atoms with Gasteiger partial charge in [-0.15, -0.1) is 0 Å². The van der Waals surface area contributed by atoms with Gasteiger partial charge < -0.3 is 9.32 Å². The Bertz CT molecular complexity index is 2530. The van der Waals surface area contributed by atoms with Gasteiger partial charge in [0.15, 0.2) is 0 Å². The van der Waals surface area contributed by atoms with Gasteiger partial charge in [-0.25, -0.2) is 0 Å². The van der Waals surface area contributed by atoms with E-state index in [1.165, 1.54) is 38.6 Å². The van der Waals surface area contributed by atoms with Crippen LogP contribution in [0.5, 0.6) is 0 Å². The number of fused-ring (bicyclic) bond motifs is 4. The van der Waals surface area contributed by atoms with Gasteiger partial charge in [-0.3, -0.25) is 0 Å². The third-order valence-corrected chi connectivity index (χ3v) is 9.25. The molecule has 0 N–H and O–H groups in total. The Hall–Kier alpha value is -6.38. The molecule has 0 fully saturated rings. The first-order chi connectivity index (χ1) is 23.8. The predicted molar refractivity (Wildman–Crippen MR) is 202 cm³/mol. The van der Waals surface area contributed by atoms with Crippen molar-refractivity contribution in [1.29, 1.82) is 0 Å². The molecule has 0 saturated carbocycles. The van der Waals surface area contributed by atoms with Crippen LogP contribution in [0.4, 0.5) is 17.1 Å². The summed E-state index contributed by atoms with van der Waals surface area (Å²) in [4.78, 5) is 2.42.